The first-order valence-electron chi connectivity index (χ1n) is 8.43. The number of carbonyl (C=O) groups is 1. The second-order valence-electron chi connectivity index (χ2n) is 7.93. The van der Waals surface area contributed by atoms with Gasteiger partial charge >= 0.3 is 5.97 Å². The van der Waals surface area contributed by atoms with Crippen LogP contribution in [0.2, 0.25) is 18.1 Å². The molecular formula is C17H34O3Si. The largest absolute Gasteiger partial charge is 0.466 e. The summed E-state index contributed by atoms with van der Waals surface area (Å²) in [6.45, 7) is 15.9. The lowest BCUT2D eigenvalue weighted by Crippen LogP contribution is -2.46. The van der Waals surface area contributed by atoms with Gasteiger partial charge < -0.3 is 9.16 Å². The Morgan fingerprint density at radius 3 is 2.10 bits per heavy atom. The average molecular weight is 315 g/mol. The third-order valence-electron chi connectivity index (χ3n) is 5.54. The summed E-state index contributed by atoms with van der Waals surface area (Å²) in [5.41, 5.74) is -0.261. The van der Waals surface area contributed by atoms with Crippen molar-refractivity contribution in [3.63, 3.8) is 0 Å². The minimum atomic E-state index is -1.71. The molecule has 3 nitrogen and oxygen atoms in total. The third kappa shape index (κ3) is 4.32. The van der Waals surface area contributed by atoms with E-state index < -0.39 is 8.32 Å². The van der Waals surface area contributed by atoms with Crippen LogP contribution < -0.4 is 0 Å². The molecule has 0 aromatic carbocycles. The maximum absolute atomic E-state index is 12.2. The van der Waals surface area contributed by atoms with Crippen molar-refractivity contribution in [3.05, 3.63) is 0 Å². The Kier molecular flexibility index (Phi) is 6.07. The van der Waals surface area contributed by atoms with Gasteiger partial charge in [-0.25, -0.2) is 0 Å². The molecule has 0 amide bonds. The van der Waals surface area contributed by atoms with Gasteiger partial charge in [0.1, 0.15) is 0 Å². The molecule has 1 aliphatic rings. The molecule has 21 heavy (non-hydrogen) atoms. The van der Waals surface area contributed by atoms with Crippen LogP contribution in [0.15, 0.2) is 0 Å². The van der Waals surface area contributed by atoms with E-state index in [-0.39, 0.29) is 16.4 Å². The van der Waals surface area contributed by atoms with E-state index in [1.165, 1.54) is 0 Å². The fourth-order valence-corrected chi connectivity index (χ4v) is 4.26. The Hall–Kier alpha value is -0.353. The fourth-order valence-electron chi connectivity index (χ4n) is 2.84. The van der Waals surface area contributed by atoms with E-state index in [1.54, 1.807) is 0 Å². The second kappa shape index (κ2) is 6.82. The Balaban J connectivity index is 2.65. The van der Waals surface area contributed by atoms with Crippen LogP contribution in [-0.4, -0.2) is 27.0 Å². The topological polar surface area (TPSA) is 35.5 Å². The molecule has 4 heteroatoms. The molecule has 0 aliphatic heterocycles. The van der Waals surface area contributed by atoms with Crippen molar-refractivity contribution in [2.24, 2.45) is 5.41 Å². The van der Waals surface area contributed by atoms with E-state index in [1.807, 2.05) is 6.92 Å². The van der Waals surface area contributed by atoms with Gasteiger partial charge in [0.05, 0.1) is 12.0 Å². The summed E-state index contributed by atoms with van der Waals surface area (Å²) in [5.74, 6) is -0.00160. The summed E-state index contributed by atoms with van der Waals surface area (Å²) in [4.78, 5) is 12.2. The molecule has 0 heterocycles. The molecule has 0 bridgehead atoms. The van der Waals surface area contributed by atoms with Gasteiger partial charge in [-0.3, -0.25) is 4.79 Å². The average Bonchev–Trinajstić information content (AvgIpc) is 2.38. The van der Waals surface area contributed by atoms with Gasteiger partial charge in [-0.2, -0.15) is 0 Å². The van der Waals surface area contributed by atoms with Crippen LogP contribution in [-0.2, 0) is 14.0 Å². The Morgan fingerprint density at radius 2 is 1.71 bits per heavy atom. The van der Waals surface area contributed by atoms with Gasteiger partial charge in [0.2, 0.25) is 0 Å². The van der Waals surface area contributed by atoms with E-state index in [2.05, 4.69) is 40.8 Å². The lowest BCUT2D eigenvalue weighted by molar-refractivity contribution is -0.159. The monoisotopic (exact) mass is 314 g/mol. The van der Waals surface area contributed by atoms with Crippen LogP contribution in [0.3, 0.4) is 0 Å². The molecule has 124 valence electrons. The number of rotatable bonds is 5. The van der Waals surface area contributed by atoms with Gasteiger partial charge in [0.25, 0.3) is 0 Å². The molecule has 1 fully saturated rings. The Bertz CT molecular complexity index is 350. The standard InChI is InChI=1S/C17H34O3Si/c1-8-17(15(18)19-9-2)12-10-14(11-13-17)20-21(6,7)16(3,4)5/h14H,8-13H2,1-7H3. The van der Waals surface area contributed by atoms with Gasteiger partial charge in [-0.1, -0.05) is 27.7 Å². The van der Waals surface area contributed by atoms with E-state index >= 15 is 0 Å². The number of hydrogen-bond donors (Lipinski definition) is 0. The third-order valence-corrected chi connectivity index (χ3v) is 10.1. The van der Waals surface area contributed by atoms with E-state index in [0.29, 0.717) is 12.7 Å². The first-order chi connectivity index (χ1) is 9.58. The zero-order chi connectivity index (χ0) is 16.3. The van der Waals surface area contributed by atoms with Gasteiger partial charge in [0, 0.05) is 6.10 Å². The zero-order valence-corrected chi connectivity index (χ0v) is 16.0. The molecule has 0 atom stereocenters. The van der Waals surface area contributed by atoms with Crippen LogP contribution in [0.1, 0.15) is 66.7 Å². The van der Waals surface area contributed by atoms with Crippen LogP contribution in [0.4, 0.5) is 0 Å². The quantitative estimate of drug-likeness (QED) is 0.534. The summed E-state index contributed by atoms with van der Waals surface area (Å²) in [6.07, 6.45) is 4.97. The first-order valence-corrected chi connectivity index (χ1v) is 11.3. The van der Waals surface area contributed by atoms with Crippen molar-refractivity contribution in [1.82, 2.24) is 0 Å². The number of ether oxygens (including phenoxy) is 1. The molecule has 0 radical (unpaired) electrons. The maximum atomic E-state index is 12.2. The van der Waals surface area contributed by atoms with Crippen molar-refractivity contribution in [1.29, 1.82) is 0 Å². The molecular weight excluding hydrogens is 280 g/mol. The summed E-state index contributed by atoms with van der Waals surface area (Å²) < 4.78 is 11.8. The molecule has 1 aliphatic carbocycles. The van der Waals surface area contributed by atoms with Crippen molar-refractivity contribution >= 4 is 14.3 Å². The number of esters is 1. The Morgan fingerprint density at radius 1 is 1.19 bits per heavy atom. The van der Waals surface area contributed by atoms with Crippen molar-refractivity contribution < 1.29 is 14.0 Å². The van der Waals surface area contributed by atoms with E-state index in [0.717, 1.165) is 32.1 Å². The van der Waals surface area contributed by atoms with Crippen LogP contribution >= 0.6 is 0 Å². The molecule has 0 N–H and O–H groups in total. The minimum absolute atomic E-state index is 0.00160. The van der Waals surface area contributed by atoms with Gasteiger partial charge in [0.15, 0.2) is 8.32 Å². The predicted octanol–water partition coefficient (Wildman–Crippen LogP) is 4.91. The highest BCUT2D eigenvalue weighted by Crippen LogP contribution is 2.44. The first kappa shape index (κ1) is 18.7. The molecule has 0 aromatic rings. The summed E-state index contributed by atoms with van der Waals surface area (Å²) in [7, 11) is -1.71. The highest BCUT2D eigenvalue weighted by Gasteiger charge is 2.45. The lowest BCUT2D eigenvalue weighted by Gasteiger charge is -2.43. The number of carbonyl (C=O) groups excluding carboxylic acids is 1. The van der Waals surface area contributed by atoms with Crippen molar-refractivity contribution in [3.8, 4) is 0 Å². The van der Waals surface area contributed by atoms with Gasteiger partial charge in [-0.15, -0.1) is 0 Å². The maximum Gasteiger partial charge on any atom is 0.312 e. The predicted molar refractivity (Wildman–Crippen MR) is 89.9 cm³/mol. The Labute approximate surface area is 131 Å². The normalized spacial score (nSPS) is 27.5. The van der Waals surface area contributed by atoms with Crippen LogP contribution in [0, 0.1) is 5.41 Å². The zero-order valence-electron chi connectivity index (χ0n) is 15.0. The molecule has 1 saturated carbocycles. The summed E-state index contributed by atoms with van der Waals surface area (Å²) in [6, 6.07) is 0. The van der Waals surface area contributed by atoms with Crippen LogP contribution in [0.25, 0.3) is 0 Å². The highest BCUT2D eigenvalue weighted by atomic mass is 28.4. The van der Waals surface area contributed by atoms with Crippen LogP contribution in [0.5, 0.6) is 0 Å². The molecule has 0 saturated heterocycles. The molecule has 1 rings (SSSR count). The number of hydrogen-bond acceptors (Lipinski definition) is 3. The molecule has 0 spiro atoms. The molecule has 0 aromatic heterocycles. The second-order valence-corrected chi connectivity index (χ2v) is 12.7. The smallest absolute Gasteiger partial charge is 0.312 e. The van der Waals surface area contributed by atoms with Gasteiger partial charge in [-0.05, 0) is 57.2 Å². The highest BCUT2D eigenvalue weighted by molar-refractivity contribution is 6.74. The fraction of sp³-hybridized carbons (Fsp3) is 0.941. The molecule has 0 unspecified atom stereocenters. The summed E-state index contributed by atoms with van der Waals surface area (Å²) in [5, 5.41) is 0.243. The van der Waals surface area contributed by atoms with E-state index in [4.69, 9.17) is 9.16 Å². The lowest BCUT2D eigenvalue weighted by atomic mass is 9.71. The SMILES string of the molecule is CCOC(=O)C1(CC)CCC(O[Si](C)(C)C(C)(C)C)CC1. The minimum Gasteiger partial charge on any atom is -0.466 e. The van der Waals surface area contributed by atoms with Crippen molar-refractivity contribution in [2.45, 2.75) is 91.0 Å². The van der Waals surface area contributed by atoms with Crippen molar-refractivity contribution in [2.75, 3.05) is 6.61 Å². The summed E-state index contributed by atoms with van der Waals surface area (Å²) >= 11 is 0. The van der Waals surface area contributed by atoms with E-state index in [9.17, 15) is 4.79 Å².